The summed E-state index contributed by atoms with van der Waals surface area (Å²) < 4.78 is 0. The lowest BCUT2D eigenvalue weighted by Crippen LogP contribution is -2.29. The predicted octanol–water partition coefficient (Wildman–Crippen LogP) is 4.31. The number of nitrogens with zero attached hydrogens (tertiary/aromatic N) is 2. The largest absolute Gasteiger partial charge is 0.354 e. The van der Waals surface area contributed by atoms with Crippen molar-refractivity contribution in [1.82, 2.24) is 4.98 Å². The van der Waals surface area contributed by atoms with Crippen LogP contribution in [0.25, 0.3) is 0 Å². The van der Waals surface area contributed by atoms with E-state index in [9.17, 15) is 0 Å². The first-order chi connectivity index (χ1) is 8.84. The second-order valence-corrected chi connectivity index (χ2v) is 6.93. The Morgan fingerprint density at radius 2 is 2.05 bits per heavy atom. The topological polar surface area (TPSA) is 16.1 Å². The lowest BCUT2D eigenvalue weighted by atomic mass is 9.75. The molecule has 1 atom stereocenters. The van der Waals surface area contributed by atoms with Crippen molar-refractivity contribution < 1.29 is 0 Å². The first-order valence-corrected chi connectivity index (χ1v) is 7.57. The molecule has 1 saturated heterocycles. The molecule has 0 amide bonds. The number of aryl methyl sites for hydroxylation is 1. The molecule has 2 nitrogen and oxygen atoms in total. The Morgan fingerprint density at radius 1 is 1.37 bits per heavy atom. The lowest BCUT2D eigenvalue weighted by Gasteiger charge is -2.31. The average Bonchev–Trinajstić information content (AvgIpc) is 2.75. The molecule has 0 spiro atoms. The highest BCUT2D eigenvalue weighted by atomic mass is 15.2. The molecular weight excluding hydrogens is 232 g/mol. The molecule has 1 aliphatic rings. The summed E-state index contributed by atoms with van der Waals surface area (Å²) in [5.41, 5.74) is 2.86. The van der Waals surface area contributed by atoms with Gasteiger partial charge in [0.25, 0.3) is 0 Å². The van der Waals surface area contributed by atoms with Gasteiger partial charge in [0.2, 0.25) is 0 Å². The molecule has 1 aromatic rings. The van der Waals surface area contributed by atoms with Crippen LogP contribution in [0.4, 0.5) is 5.82 Å². The third-order valence-electron chi connectivity index (χ3n) is 5.06. The highest BCUT2D eigenvalue weighted by molar-refractivity contribution is 5.50. The van der Waals surface area contributed by atoms with Crippen LogP contribution < -0.4 is 4.90 Å². The second-order valence-electron chi connectivity index (χ2n) is 6.93. The first-order valence-electron chi connectivity index (χ1n) is 7.57. The van der Waals surface area contributed by atoms with Gasteiger partial charge < -0.3 is 4.90 Å². The van der Waals surface area contributed by atoms with E-state index < -0.39 is 0 Å². The monoisotopic (exact) mass is 260 g/mol. The fourth-order valence-corrected chi connectivity index (χ4v) is 2.80. The molecule has 2 rings (SSSR count). The molecule has 1 unspecified atom stereocenters. The minimum Gasteiger partial charge on any atom is -0.354 e. The molecule has 2 heterocycles. The Kier molecular flexibility index (Phi) is 3.89. The van der Waals surface area contributed by atoms with Crippen molar-refractivity contribution in [3.8, 4) is 0 Å². The molecule has 1 aromatic heterocycles. The van der Waals surface area contributed by atoms with E-state index in [-0.39, 0.29) is 5.41 Å². The van der Waals surface area contributed by atoms with Gasteiger partial charge in [-0.15, -0.1) is 0 Å². The molecule has 0 aliphatic carbocycles. The maximum Gasteiger partial charge on any atom is 0.131 e. The number of aromatic nitrogens is 1. The fraction of sp³-hybridized carbons (Fsp3) is 0.706. The molecule has 0 aromatic carbocycles. The van der Waals surface area contributed by atoms with Crippen LogP contribution in [0.5, 0.6) is 0 Å². The first kappa shape index (κ1) is 14.4. The summed E-state index contributed by atoms with van der Waals surface area (Å²) in [4.78, 5) is 7.25. The van der Waals surface area contributed by atoms with Crippen molar-refractivity contribution in [3.63, 3.8) is 0 Å². The summed E-state index contributed by atoms with van der Waals surface area (Å²) in [5, 5.41) is 0. The summed E-state index contributed by atoms with van der Waals surface area (Å²) in [6, 6.07) is 2.98. The van der Waals surface area contributed by atoms with E-state index in [4.69, 9.17) is 4.98 Å². The van der Waals surface area contributed by atoms with Crippen LogP contribution >= 0.6 is 0 Å². The van der Waals surface area contributed by atoms with Gasteiger partial charge >= 0.3 is 0 Å². The van der Waals surface area contributed by atoms with Gasteiger partial charge in [0.05, 0.1) is 0 Å². The second kappa shape index (κ2) is 5.15. The molecule has 0 radical (unpaired) electrons. The van der Waals surface area contributed by atoms with Gasteiger partial charge in [-0.25, -0.2) is 4.98 Å². The van der Waals surface area contributed by atoms with Crippen LogP contribution in [0, 0.1) is 12.8 Å². The van der Waals surface area contributed by atoms with Crippen molar-refractivity contribution >= 4 is 5.82 Å². The number of hydrogen-bond acceptors (Lipinski definition) is 2. The minimum atomic E-state index is 0.187. The van der Waals surface area contributed by atoms with Crippen molar-refractivity contribution in [2.45, 2.75) is 65.8 Å². The van der Waals surface area contributed by atoms with Crippen LogP contribution in [0.3, 0.4) is 0 Å². The molecule has 0 bridgehead atoms. The molecule has 106 valence electrons. The van der Waals surface area contributed by atoms with E-state index >= 15 is 0 Å². The molecule has 1 aliphatic heterocycles. The van der Waals surface area contributed by atoms with Crippen LogP contribution in [0.2, 0.25) is 0 Å². The number of hydrogen-bond donors (Lipinski definition) is 0. The normalized spacial score (nSPS) is 20.4. The number of anilines is 1. The van der Waals surface area contributed by atoms with Gasteiger partial charge in [-0.05, 0) is 49.1 Å². The Morgan fingerprint density at radius 3 is 2.53 bits per heavy atom. The zero-order valence-electron chi connectivity index (χ0n) is 13.3. The Balaban J connectivity index is 2.32. The molecule has 0 N–H and O–H groups in total. The Labute approximate surface area is 118 Å². The quantitative estimate of drug-likeness (QED) is 0.805. The zero-order chi connectivity index (χ0) is 14.2. The SMILES string of the molecule is Cc1cc(C(C)(C)C(C)C)cnc1N1CCCC1C. The fourth-order valence-electron chi connectivity index (χ4n) is 2.80. The van der Waals surface area contributed by atoms with Crippen molar-refractivity contribution in [3.05, 3.63) is 23.4 Å². The van der Waals surface area contributed by atoms with Crippen molar-refractivity contribution in [2.75, 3.05) is 11.4 Å². The zero-order valence-corrected chi connectivity index (χ0v) is 13.3. The molecule has 0 saturated carbocycles. The predicted molar refractivity (Wildman–Crippen MR) is 82.9 cm³/mol. The number of pyridine rings is 1. The Hall–Kier alpha value is -1.05. The van der Waals surface area contributed by atoms with E-state index in [1.807, 2.05) is 0 Å². The summed E-state index contributed by atoms with van der Waals surface area (Å²) in [6.07, 6.45) is 4.68. The van der Waals surface area contributed by atoms with Crippen molar-refractivity contribution in [2.24, 2.45) is 5.92 Å². The lowest BCUT2D eigenvalue weighted by molar-refractivity contribution is 0.371. The van der Waals surface area contributed by atoms with Crippen LogP contribution in [-0.2, 0) is 5.41 Å². The Bertz CT molecular complexity index is 449. The van der Waals surface area contributed by atoms with Crippen LogP contribution in [0.15, 0.2) is 12.3 Å². The minimum absolute atomic E-state index is 0.187. The average molecular weight is 260 g/mol. The van der Waals surface area contributed by atoms with E-state index in [1.165, 1.54) is 29.8 Å². The molecule has 1 fully saturated rings. The maximum absolute atomic E-state index is 4.79. The van der Waals surface area contributed by atoms with Gasteiger partial charge in [-0.3, -0.25) is 0 Å². The van der Waals surface area contributed by atoms with E-state index in [0.29, 0.717) is 12.0 Å². The van der Waals surface area contributed by atoms with E-state index in [2.05, 4.69) is 58.7 Å². The van der Waals surface area contributed by atoms with Gasteiger partial charge in [0.15, 0.2) is 0 Å². The maximum atomic E-state index is 4.79. The summed E-state index contributed by atoms with van der Waals surface area (Å²) in [7, 11) is 0. The van der Waals surface area contributed by atoms with Crippen LogP contribution in [0.1, 0.15) is 58.6 Å². The standard InChI is InChI=1S/C17H28N2/c1-12(2)17(5,6)15-10-13(3)16(18-11-15)19-9-7-8-14(19)4/h10-12,14H,7-9H2,1-6H3. The molecular formula is C17H28N2. The van der Waals surface area contributed by atoms with Gasteiger partial charge in [0.1, 0.15) is 5.82 Å². The molecule has 19 heavy (non-hydrogen) atoms. The third kappa shape index (κ3) is 2.63. The van der Waals surface area contributed by atoms with E-state index in [1.54, 1.807) is 0 Å². The van der Waals surface area contributed by atoms with Gasteiger partial charge in [-0.1, -0.05) is 33.8 Å². The van der Waals surface area contributed by atoms with Gasteiger partial charge in [0, 0.05) is 18.8 Å². The summed E-state index contributed by atoms with van der Waals surface area (Å²) >= 11 is 0. The highest BCUT2D eigenvalue weighted by Gasteiger charge is 2.27. The van der Waals surface area contributed by atoms with E-state index in [0.717, 1.165) is 6.54 Å². The summed E-state index contributed by atoms with van der Waals surface area (Å²) in [5.74, 6) is 1.80. The molecule has 2 heteroatoms. The third-order valence-corrected chi connectivity index (χ3v) is 5.06. The smallest absolute Gasteiger partial charge is 0.131 e. The number of rotatable bonds is 3. The van der Waals surface area contributed by atoms with Gasteiger partial charge in [-0.2, -0.15) is 0 Å². The van der Waals surface area contributed by atoms with Crippen molar-refractivity contribution in [1.29, 1.82) is 0 Å². The highest BCUT2D eigenvalue weighted by Crippen LogP contribution is 2.34. The van der Waals surface area contributed by atoms with Crippen LogP contribution in [-0.4, -0.2) is 17.6 Å². The summed E-state index contributed by atoms with van der Waals surface area (Å²) in [6.45, 7) is 14.9.